The highest BCUT2D eigenvalue weighted by Crippen LogP contribution is 2.33. The number of hydrogen-bond acceptors (Lipinski definition) is 2. The van der Waals surface area contributed by atoms with Crippen LogP contribution in [0.4, 0.5) is 0 Å². The summed E-state index contributed by atoms with van der Waals surface area (Å²) >= 11 is 0. The van der Waals surface area contributed by atoms with Crippen LogP contribution in [0.3, 0.4) is 0 Å². The number of rotatable bonds is 6. The molecule has 0 amide bonds. The van der Waals surface area contributed by atoms with E-state index in [0.717, 1.165) is 13.1 Å². The van der Waals surface area contributed by atoms with Gasteiger partial charge in [-0.3, -0.25) is 0 Å². The van der Waals surface area contributed by atoms with Gasteiger partial charge in [0.1, 0.15) is 0 Å². The van der Waals surface area contributed by atoms with Crippen molar-refractivity contribution < 1.29 is 4.74 Å². The van der Waals surface area contributed by atoms with Crippen molar-refractivity contribution in [2.24, 2.45) is 0 Å². The predicted octanol–water partition coefficient (Wildman–Crippen LogP) is 2.72. The van der Waals surface area contributed by atoms with E-state index in [9.17, 15) is 0 Å². The van der Waals surface area contributed by atoms with Crippen LogP contribution in [0.2, 0.25) is 0 Å². The van der Waals surface area contributed by atoms with Gasteiger partial charge in [-0.05, 0) is 39.7 Å². The molecule has 0 heterocycles. The average Bonchev–Trinajstić information content (AvgIpc) is 2.53. The van der Waals surface area contributed by atoms with Gasteiger partial charge in [-0.2, -0.15) is 0 Å². The van der Waals surface area contributed by atoms with E-state index in [1.54, 1.807) is 0 Å². The SMILES string of the molecule is CCCNCC1(OC(C)C)CCCC1. The largest absolute Gasteiger partial charge is 0.371 e. The Morgan fingerprint density at radius 2 is 1.93 bits per heavy atom. The van der Waals surface area contributed by atoms with Crippen molar-refractivity contribution in [1.82, 2.24) is 5.32 Å². The lowest BCUT2D eigenvalue weighted by molar-refractivity contribution is -0.0739. The minimum absolute atomic E-state index is 0.156. The first-order valence-corrected chi connectivity index (χ1v) is 6.07. The molecule has 0 aromatic rings. The normalized spacial score (nSPS) is 20.6. The van der Waals surface area contributed by atoms with Gasteiger partial charge in [0.2, 0.25) is 0 Å². The van der Waals surface area contributed by atoms with Crippen molar-refractivity contribution >= 4 is 0 Å². The molecular formula is C12H25NO. The van der Waals surface area contributed by atoms with Gasteiger partial charge >= 0.3 is 0 Å². The van der Waals surface area contributed by atoms with Gasteiger partial charge in [0.25, 0.3) is 0 Å². The molecule has 0 spiro atoms. The fraction of sp³-hybridized carbons (Fsp3) is 1.00. The third kappa shape index (κ3) is 3.58. The molecule has 1 rings (SSSR count). The standard InChI is InChI=1S/C12H25NO/c1-4-9-13-10-12(14-11(2)3)7-5-6-8-12/h11,13H,4-10H2,1-3H3. The number of nitrogens with one attached hydrogen (secondary N) is 1. The zero-order valence-electron chi connectivity index (χ0n) is 9.94. The maximum atomic E-state index is 6.08. The van der Waals surface area contributed by atoms with E-state index in [-0.39, 0.29) is 5.60 Å². The smallest absolute Gasteiger partial charge is 0.0809 e. The summed E-state index contributed by atoms with van der Waals surface area (Å²) in [6, 6.07) is 0. The van der Waals surface area contributed by atoms with Crippen LogP contribution in [0.25, 0.3) is 0 Å². The monoisotopic (exact) mass is 199 g/mol. The van der Waals surface area contributed by atoms with Crippen LogP contribution in [0.5, 0.6) is 0 Å². The van der Waals surface area contributed by atoms with Gasteiger partial charge < -0.3 is 10.1 Å². The molecule has 1 aliphatic carbocycles. The molecule has 0 radical (unpaired) electrons. The molecule has 2 nitrogen and oxygen atoms in total. The van der Waals surface area contributed by atoms with Gasteiger partial charge in [-0.1, -0.05) is 19.8 Å². The van der Waals surface area contributed by atoms with Crippen molar-refractivity contribution in [3.8, 4) is 0 Å². The summed E-state index contributed by atoms with van der Waals surface area (Å²) in [6.07, 6.45) is 6.71. The Balaban J connectivity index is 2.36. The zero-order chi connectivity index (χ0) is 10.4. The maximum Gasteiger partial charge on any atom is 0.0809 e. The van der Waals surface area contributed by atoms with E-state index in [4.69, 9.17) is 4.74 Å². The highest BCUT2D eigenvalue weighted by Gasteiger charge is 2.34. The summed E-state index contributed by atoms with van der Waals surface area (Å²) in [5.74, 6) is 0. The number of ether oxygens (including phenoxy) is 1. The summed E-state index contributed by atoms with van der Waals surface area (Å²) < 4.78 is 6.08. The van der Waals surface area contributed by atoms with Crippen LogP contribution in [0.15, 0.2) is 0 Å². The second kappa shape index (κ2) is 5.72. The molecule has 0 unspecified atom stereocenters. The Labute approximate surface area is 88.4 Å². The first-order chi connectivity index (χ1) is 6.68. The quantitative estimate of drug-likeness (QED) is 0.664. The summed E-state index contributed by atoms with van der Waals surface area (Å²) in [6.45, 7) is 8.64. The second-order valence-corrected chi connectivity index (χ2v) is 4.73. The van der Waals surface area contributed by atoms with Crippen molar-refractivity contribution in [1.29, 1.82) is 0 Å². The van der Waals surface area contributed by atoms with E-state index in [1.165, 1.54) is 32.1 Å². The molecule has 0 bridgehead atoms. The van der Waals surface area contributed by atoms with Crippen molar-refractivity contribution in [3.05, 3.63) is 0 Å². The molecule has 1 fully saturated rings. The lowest BCUT2D eigenvalue weighted by Crippen LogP contribution is -2.42. The molecule has 0 aromatic carbocycles. The van der Waals surface area contributed by atoms with Gasteiger partial charge in [-0.15, -0.1) is 0 Å². The highest BCUT2D eigenvalue weighted by atomic mass is 16.5. The van der Waals surface area contributed by atoms with Gasteiger partial charge in [0.15, 0.2) is 0 Å². The van der Waals surface area contributed by atoms with Gasteiger partial charge in [0, 0.05) is 6.54 Å². The van der Waals surface area contributed by atoms with Crippen LogP contribution < -0.4 is 5.32 Å². The Morgan fingerprint density at radius 1 is 1.29 bits per heavy atom. The summed E-state index contributed by atoms with van der Waals surface area (Å²) in [5.41, 5.74) is 0.156. The van der Waals surface area contributed by atoms with Gasteiger partial charge in [-0.25, -0.2) is 0 Å². The molecule has 84 valence electrons. The first-order valence-electron chi connectivity index (χ1n) is 6.07. The molecule has 2 heteroatoms. The maximum absolute atomic E-state index is 6.08. The molecule has 0 aromatic heterocycles. The lowest BCUT2D eigenvalue weighted by atomic mass is 10.0. The van der Waals surface area contributed by atoms with Crippen LogP contribution in [-0.2, 0) is 4.74 Å². The Morgan fingerprint density at radius 3 is 2.43 bits per heavy atom. The van der Waals surface area contributed by atoms with Gasteiger partial charge in [0.05, 0.1) is 11.7 Å². The Bertz CT molecular complexity index is 150. The van der Waals surface area contributed by atoms with E-state index in [2.05, 4.69) is 26.1 Å². The Kier molecular flexibility index (Phi) is 4.90. The van der Waals surface area contributed by atoms with Crippen LogP contribution in [0, 0.1) is 0 Å². The molecule has 1 aliphatic rings. The van der Waals surface area contributed by atoms with E-state index in [0.29, 0.717) is 6.10 Å². The topological polar surface area (TPSA) is 21.3 Å². The van der Waals surface area contributed by atoms with Crippen LogP contribution in [0.1, 0.15) is 52.9 Å². The fourth-order valence-corrected chi connectivity index (χ4v) is 2.35. The molecule has 1 saturated carbocycles. The van der Waals surface area contributed by atoms with Crippen molar-refractivity contribution in [3.63, 3.8) is 0 Å². The summed E-state index contributed by atoms with van der Waals surface area (Å²) in [4.78, 5) is 0. The Hall–Kier alpha value is -0.0800. The van der Waals surface area contributed by atoms with Crippen molar-refractivity contribution in [2.45, 2.75) is 64.6 Å². The molecule has 14 heavy (non-hydrogen) atoms. The summed E-state index contributed by atoms with van der Waals surface area (Å²) in [7, 11) is 0. The lowest BCUT2D eigenvalue weighted by Gasteiger charge is -2.32. The third-order valence-electron chi connectivity index (χ3n) is 2.87. The second-order valence-electron chi connectivity index (χ2n) is 4.73. The molecule has 0 atom stereocenters. The van der Waals surface area contributed by atoms with E-state index >= 15 is 0 Å². The number of hydrogen-bond donors (Lipinski definition) is 1. The zero-order valence-corrected chi connectivity index (χ0v) is 9.94. The van der Waals surface area contributed by atoms with E-state index < -0.39 is 0 Å². The van der Waals surface area contributed by atoms with E-state index in [1.807, 2.05) is 0 Å². The fourth-order valence-electron chi connectivity index (χ4n) is 2.35. The third-order valence-corrected chi connectivity index (χ3v) is 2.87. The highest BCUT2D eigenvalue weighted by molar-refractivity contribution is 4.89. The first kappa shape index (κ1) is 12.0. The predicted molar refractivity (Wildman–Crippen MR) is 60.6 cm³/mol. The molecular weight excluding hydrogens is 174 g/mol. The van der Waals surface area contributed by atoms with Crippen molar-refractivity contribution in [2.75, 3.05) is 13.1 Å². The molecule has 1 N–H and O–H groups in total. The summed E-state index contributed by atoms with van der Waals surface area (Å²) in [5, 5.41) is 3.50. The van der Waals surface area contributed by atoms with Crippen LogP contribution in [-0.4, -0.2) is 24.8 Å². The molecule has 0 aliphatic heterocycles. The minimum atomic E-state index is 0.156. The van der Waals surface area contributed by atoms with Crippen LogP contribution >= 0.6 is 0 Å². The minimum Gasteiger partial charge on any atom is -0.371 e. The molecule has 0 saturated heterocycles. The average molecular weight is 199 g/mol.